The van der Waals surface area contributed by atoms with E-state index in [1.165, 1.54) is 5.56 Å². The molecule has 2 amide bonds. The third-order valence-electron chi connectivity index (χ3n) is 6.72. The minimum atomic E-state index is -0.00337. The summed E-state index contributed by atoms with van der Waals surface area (Å²) in [6.07, 6.45) is 5.49. The maximum Gasteiger partial charge on any atom is 0.253 e. The van der Waals surface area contributed by atoms with Crippen molar-refractivity contribution in [1.82, 2.24) is 9.88 Å². The molecule has 0 unspecified atom stereocenters. The average molecular weight is 441 g/mol. The van der Waals surface area contributed by atoms with E-state index in [1.807, 2.05) is 65.7 Å². The molecule has 2 aromatic carbocycles. The summed E-state index contributed by atoms with van der Waals surface area (Å²) >= 11 is 0. The normalized spacial score (nSPS) is 16.8. The van der Waals surface area contributed by atoms with Crippen LogP contribution in [0.15, 0.2) is 79.1 Å². The Labute approximate surface area is 194 Å². The zero-order chi connectivity index (χ0) is 22.6. The Morgan fingerprint density at radius 3 is 2.27 bits per heavy atom. The van der Waals surface area contributed by atoms with Crippen molar-refractivity contribution in [1.29, 1.82) is 0 Å². The molecule has 3 heterocycles. The van der Waals surface area contributed by atoms with Crippen LogP contribution in [0.25, 0.3) is 0 Å². The Hall–Kier alpha value is -3.67. The molecule has 0 radical (unpaired) electrons. The summed E-state index contributed by atoms with van der Waals surface area (Å²) < 4.78 is 0. The lowest BCUT2D eigenvalue weighted by Gasteiger charge is -2.39. The number of nitrogens with zero attached hydrogens (tertiary/aromatic N) is 3. The number of hydrogen-bond donors (Lipinski definition) is 1. The molecule has 0 saturated carbocycles. The molecule has 1 N–H and O–H groups in total. The van der Waals surface area contributed by atoms with E-state index in [0.717, 1.165) is 56.0 Å². The number of aromatic nitrogens is 1. The molecule has 2 saturated heterocycles. The van der Waals surface area contributed by atoms with Gasteiger partial charge in [-0.2, -0.15) is 0 Å². The number of benzene rings is 2. The van der Waals surface area contributed by atoms with E-state index in [4.69, 9.17) is 0 Å². The Bertz CT molecular complexity index is 1090. The van der Waals surface area contributed by atoms with Crippen LogP contribution in [0.5, 0.6) is 0 Å². The summed E-state index contributed by atoms with van der Waals surface area (Å²) in [6, 6.07) is 21.6. The predicted molar refractivity (Wildman–Crippen MR) is 129 cm³/mol. The van der Waals surface area contributed by atoms with Crippen molar-refractivity contribution < 1.29 is 9.59 Å². The second-order valence-electron chi connectivity index (χ2n) is 8.86. The average Bonchev–Trinajstić information content (AvgIpc) is 2.84. The van der Waals surface area contributed by atoms with Gasteiger partial charge in [-0.15, -0.1) is 0 Å². The number of rotatable bonds is 5. The quantitative estimate of drug-likeness (QED) is 0.647. The first-order valence-corrected chi connectivity index (χ1v) is 11.6. The van der Waals surface area contributed by atoms with Gasteiger partial charge in [-0.25, -0.2) is 0 Å². The van der Waals surface area contributed by atoms with Crippen molar-refractivity contribution in [2.75, 3.05) is 36.4 Å². The van der Waals surface area contributed by atoms with E-state index in [9.17, 15) is 9.59 Å². The van der Waals surface area contributed by atoms with Gasteiger partial charge in [0, 0.05) is 43.6 Å². The van der Waals surface area contributed by atoms with Crippen LogP contribution < -0.4 is 10.2 Å². The van der Waals surface area contributed by atoms with Crippen LogP contribution >= 0.6 is 0 Å². The topological polar surface area (TPSA) is 65.5 Å². The second-order valence-corrected chi connectivity index (χ2v) is 8.86. The number of carbonyl (C=O) groups is 2. The molecule has 0 bridgehead atoms. The first-order chi connectivity index (χ1) is 16.2. The van der Waals surface area contributed by atoms with E-state index in [1.54, 1.807) is 6.20 Å². The molecule has 1 aromatic heterocycles. The van der Waals surface area contributed by atoms with Gasteiger partial charge in [-0.05, 0) is 60.7 Å². The number of carbonyl (C=O) groups excluding carboxylic acids is 2. The van der Waals surface area contributed by atoms with Crippen LogP contribution in [0.1, 0.15) is 34.7 Å². The van der Waals surface area contributed by atoms with Gasteiger partial charge in [0.15, 0.2) is 0 Å². The van der Waals surface area contributed by atoms with Gasteiger partial charge in [0.25, 0.3) is 5.91 Å². The number of amides is 2. The van der Waals surface area contributed by atoms with Gasteiger partial charge >= 0.3 is 0 Å². The Kier molecular flexibility index (Phi) is 6.07. The van der Waals surface area contributed by atoms with E-state index < -0.39 is 0 Å². The van der Waals surface area contributed by atoms with Crippen molar-refractivity contribution >= 4 is 23.2 Å². The number of likely N-dealkylation sites (tertiary alicyclic amines) is 1. The summed E-state index contributed by atoms with van der Waals surface area (Å²) in [6.45, 7) is 2.98. The van der Waals surface area contributed by atoms with E-state index in [2.05, 4.69) is 27.3 Å². The number of anilines is 2. The highest BCUT2D eigenvalue weighted by Crippen LogP contribution is 2.30. The SMILES string of the molecule is O=C(Nc1ccc(C2CCN(C(=O)c3ccccc3)CC2)cc1)C1CN(c2cccnc2)C1. The van der Waals surface area contributed by atoms with Crippen LogP contribution in [-0.2, 0) is 4.79 Å². The summed E-state index contributed by atoms with van der Waals surface area (Å²) in [5, 5.41) is 3.05. The first-order valence-electron chi connectivity index (χ1n) is 11.6. The molecule has 3 aromatic rings. The predicted octanol–water partition coefficient (Wildman–Crippen LogP) is 4.18. The summed E-state index contributed by atoms with van der Waals surface area (Å²) in [5.74, 6) is 0.617. The van der Waals surface area contributed by atoms with Gasteiger partial charge < -0.3 is 15.1 Å². The molecule has 2 fully saturated rings. The third kappa shape index (κ3) is 4.75. The van der Waals surface area contributed by atoms with Crippen LogP contribution in [0, 0.1) is 5.92 Å². The molecule has 0 aliphatic carbocycles. The van der Waals surface area contributed by atoms with Crippen molar-refractivity contribution in [3.63, 3.8) is 0 Å². The smallest absolute Gasteiger partial charge is 0.253 e. The molecule has 6 nitrogen and oxygen atoms in total. The molecule has 6 heteroatoms. The summed E-state index contributed by atoms with van der Waals surface area (Å²) in [4.78, 5) is 33.5. The zero-order valence-corrected chi connectivity index (χ0v) is 18.6. The second kappa shape index (κ2) is 9.45. The van der Waals surface area contributed by atoms with Crippen LogP contribution in [0.3, 0.4) is 0 Å². The minimum absolute atomic E-state index is 0.00337. The molecule has 33 heavy (non-hydrogen) atoms. The van der Waals surface area contributed by atoms with E-state index in [-0.39, 0.29) is 17.7 Å². The summed E-state index contributed by atoms with van der Waals surface area (Å²) in [5.41, 5.74) is 3.92. The molecular weight excluding hydrogens is 412 g/mol. The fourth-order valence-corrected chi connectivity index (χ4v) is 4.66. The molecule has 2 aliphatic heterocycles. The lowest BCUT2D eigenvalue weighted by atomic mass is 9.89. The Morgan fingerprint density at radius 2 is 1.61 bits per heavy atom. The highest BCUT2D eigenvalue weighted by molar-refractivity contribution is 5.95. The molecular formula is C27H28N4O2. The number of nitrogens with one attached hydrogen (secondary N) is 1. The zero-order valence-electron chi connectivity index (χ0n) is 18.6. The standard InChI is InChI=1S/C27H28N4O2/c32-26(23-18-31(19-23)25-7-4-14-28-17-25)29-24-10-8-20(9-11-24)21-12-15-30(16-13-21)27(33)22-5-2-1-3-6-22/h1-11,14,17,21,23H,12-13,15-16,18-19H2,(H,29,32). The summed E-state index contributed by atoms with van der Waals surface area (Å²) in [7, 11) is 0. The minimum Gasteiger partial charge on any atom is -0.369 e. The Balaban J connectivity index is 1.10. The van der Waals surface area contributed by atoms with Crippen molar-refractivity contribution in [3.8, 4) is 0 Å². The van der Waals surface area contributed by atoms with Gasteiger partial charge in [-0.3, -0.25) is 14.6 Å². The lowest BCUT2D eigenvalue weighted by molar-refractivity contribution is -0.120. The van der Waals surface area contributed by atoms with Crippen molar-refractivity contribution in [3.05, 3.63) is 90.3 Å². The lowest BCUT2D eigenvalue weighted by Crippen LogP contribution is -2.52. The third-order valence-corrected chi connectivity index (χ3v) is 6.72. The molecule has 0 spiro atoms. The van der Waals surface area contributed by atoms with Crippen LogP contribution in [0.4, 0.5) is 11.4 Å². The molecule has 5 rings (SSSR count). The number of hydrogen-bond acceptors (Lipinski definition) is 4. The maximum absolute atomic E-state index is 12.7. The molecule has 168 valence electrons. The van der Waals surface area contributed by atoms with E-state index >= 15 is 0 Å². The van der Waals surface area contributed by atoms with Crippen molar-refractivity contribution in [2.45, 2.75) is 18.8 Å². The number of piperidine rings is 1. The monoisotopic (exact) mass is 440 g/mol. The Morgan fingerprint density at radius 1 is 0.879 bits per heavy atom. The van der Waals surface area contributed by atoms with Gasteiger partial charge in [0.05, 0.1) is 17.8 Å². The number of pyridine rings is 1. The first kappa shape index (κ1) is 21.2. The highest BCUT2D eigenvalue weighted by atomic mass is 16.2. The fourth-order valence-electron chi connectivity index (χ4n) is 4.66. The maximum atomic E-state index is 12.7. The van der Waals surface area contributed by atoms with E-state index in [0.29, 0.717) is 5.92 Å². The largest absolute Gasteiger partial charge is 0.369 e. The highest BCUT2D eigenvalue weighted by Gasteiger charge is 2.33. The molecule has 0 atom stereocenters. The molecule has 2 aliphatic rings. The van der Waals surface area contributed by atoms with Crippen molar-refractivity contribution in [2.24, 2.45) is 5.92 Å². The van der Waals surface area contributed by atoms with Gasteiger partial charge in [0.1, 0.15) is 0 Å². The fraction of sp³-hybridized carbons (Fsp3) is 0.296. The van der Waals surface area contributed by atoms with Gasteiger partial charge in [-0.1, -0.05) is 30.3 Å². The van der Waals surface area contributed by atoms with Gasteiger partial charge in [0.2, 0.25) is 5.91 Å². The van der Waals surface area contributed by atoms with Crippen LogP contribution in [-0.4, -0.2) is 47.9 Å². The van der Waals surface area contributed by atoms with Crippen LogP contribution in [0.2, 0.25) is 0 Å².